The van der Waals surface area contributed by atoms with Crippen LogP contribution in [0.1, 0.15) is 31.8 Å². The van der Waals surface area contributed by atoms with Gasteiger partial charge >= 0.3 is 11.9 Å². The maximum Gasteiger partial charge on any atom is 0.338 e. The van der Waals surface area contributed by atoms with Crippen LogP contribution in [0.5, 0.6) is 0 Å². The van der Waals surface area contributed by atoms with Gasteiger partial charge in [0.05, 0.1) is 27.8 Å². The van der Waals surface area contributed by atoms with Gasteiger partial charge in [0.25, 0.3) is 6.71 Å². The smallest absolute Gasteiger partial charge is 0.338 e. The third-order valence-corrected chi connectivity index (χ3v) is 23.2. The molecule has 0 atom stereocenters. The van der Waals surface area contributed by atoms with Gasteiger partial charge in [0.1, 0.15) is 13.2 Å². The van der Waals surface area contributed by atoms with Gasteiger partial charge in [-0.2, -0.15) is 0 Å². The van der Waals surface area contributed by atoms with E-state index in [9.17, 15) is 9.59 Å². The Labute approximate surface area is 726 Å². The van der Waals surface area contributed by atoms with E-state index in [2.05, 4.69) is 117 Å². The Morgan fingerprint density at radius 3 is 0.913 bits per heavy atom. The van der Waals surface area contributed by atoms with Crippen LogP contribution in [-0.2, 0) is 22.7 Å². The molecule has 17 heteroatoms. The molecule has 22 rings (SSSR count). The Morgan fingerprint density at radius 1 is 0.246 bits per heavy atom. The molecule has 2 aliphatic heterocycles. The molecular weight excluding hydrogens is 1550 g/mol. The number of fused-ring (bicyclic) bond motifs is 7. The third-order valence-electron chi connectivity index (χ3n) is 23.2. The Kier molecular flexibility index (Phi) is 19.4. The average Bonchev–Trinajstić information content (AvgIpc) is 0.718. The molecule has 0 saturated carbocycles. The van der Waals surface area contributed by atoms with Gasteiger partial charge in [0, 0.05) is 95.0 Å². The van der Waals surface area contributed by atoms with E-state index in [4.69, 9.17) is 54.3 Å². The number of hydrogen-bond donors (Lipinski definition) is 0. The van der Waals surface area contributed by atoms with Crippen LogP contribution in [0.4, 0.5) is 34.1 Å². The van der Waals surface area contributed by atoms with Crippen LogP contribution in [0.15, 0.2) is 406 Å². The van der Waals surface area contributed by atoms with Gasteiger partial charge in [-0.3, -0.25) is 0 Å². The summed E-state index contributed by atoms with van der Waals surface area (Å²) in [6.07, 6.45) is 0. The highest BCUT2D eigenvalue weighted by Gasteiger charge is 2.45. The number of benzene rings is 16. The first-order chi connectivity index (χ1) is 62.3. The quantitative estimate of drug-likeness (QED) is 0.0551. The lowest BCUT2D eigenvalue weighted by molar-refractivity contribution is 0.0464. The number of anilines is 6. The van der Waals surface area contributed by atoms with E-state index in [0.717, 1.165) is 139 Å². The standard InChI is InChI=1S/C109H71BN12O4/c123-108(125-68-70-31-11-1-12-32-70)81-51-56-89-94(64-81)120(84-47-27-9-28-48-84)96-66-83(67-97-98(96)110(89)90-57-52-82(109(124)126-69-71-33-13-2-14-34-71)65-95(90)121(97)85-49-29-10-30-50-85)78-53-58-91-86(61-78)87-62-79(105-114-99(72-35-15-3-16-36-72)111-100(115-105)73-37-17-4-18-38-73)54-59-92(87)122(91)93-60-55-80(106-116-101(74-39-19-5-20-40-74)112-102(117-106)75-41-21-6-22-42-75)63-88(93)107-118-103(76-43-23-7-24-44-76)113-104(119-107)77-45-25-8-26-46-77/h1-67H,68-69H2. The maximum absolute atomic E-state index is 14.7. The number of esters is 2. The molecule has 16 aromatic carbocycles. The largest absolute Gasteiger partial charge is 0.457 e. The van der Waals surface area contributed by atoms with Crippen molar-refractivity contribution in [3.63, 3.8) is 0 Å². The highest BCUT2D eigenvalue weighted by Crippen LogP contribution is 2.49. The molecule has 0 fully saturated rings. The molecule has 20 aromatic rings. The van der Waals surface area contributed by atoms with E-state index >= 15 is 0 Å². The van der Waals surface area contributed by atoms with Gasteiger partial charge in [0.2, 0.25) is 0 Å². The highest BCUT2D eigenvalue weighted by atomic mass is 16.5. The van der Waals surface area contributed by atoms with E-state index in [1.54, 1.807) is 0 Å². The number of hydrogen-bond acceptors (Lipinski definition) is 15. The summed E-state index contributed by atoms with van der Waals surface area (Å²) in [4.78, 5) is 81.8. The van der Waals surface area contributed by atoms with Gasteiger partial charge in [-0.05, 0) is 148 Å². The van der Waals surface area contributed by atoms with Gasteiger partial charge in [-0.15, -0.1) is 0 Å². The van der Waals surface area contributed by atoms with Crippen molar-refractivity contribution in [2.45, 2.75) is 13.2 Å². The second-order valence-corrected chi connectivity index (χ2v) is 31.0. The second-order valence-electron chi connectivity index (χ2n) is 31.0. The van der Waals surface area contributed by atoms with Crippen LogP contribution in [0.3, 0.4) is 0 Å². The highest BCUT2D eigenvalue weighted by molar-refractivity contribution is 7.00. The molecule has 0 unspecified atom stereocenters. The molecule has 0 spiro atoms. The average molecular weight is 1620 g/mol. The number of ether oxygens (including phenoxy) is 2. The number of rotatable bonds is 19. The summed E-state index contributed by atoms with van der Waals surface area (Å²) < 4.78 is 14.6. The predicted octanol–water partition coefficient (Wildman–Crippen LogP) is 22.8. The molecule has 16 nitrogen and oxygen atoms in total. The monoisotopic (exact) mass is 1620 g/mol. The lowest BCUT2D eigenvalue weighted by atomic mass is 9.33. The van der Waals surface area contributed by atoms with Gasteiger partial charge in [0.15, 0.2) is 52.4 Å². The van der Waals surface area contributed by atoms with E-state index in [1.165, 1.54) is 0 Å². The minimum absolute atomic E-state index is 0.0917. The van der Waals surface area contributed by atoms with Gasteiger partial charge < -0.3 is 23.8 Å². The lowest BCUT2D eigenvalue weighted by Crippen LogP contribution is -2.61. The topological polar surface area (TPSA) is 180 Å². The van der Waals surface area contributed by atoms with Crippen molar-refractivity contribution in [1.82, 2.24) is 49.4 Å². The zero-order valence-corrected chi connectivity index (χ0v) is 67.7. The number of carbonyl (C=O) groups is 2. The Balaban J connectivity index is 0.802. The number of carbonyl (C=O) groups excluding carboxylic acids is 2. The molecule has 594 valence electrons. The van der Waals surface area contributed by atoms with Crippen molar-refractivity contribution in [3.8, 4) is 119 Å². The zero-order valence-electron chi connectivity index (χ0n) is 67.7. The van der Waals surface area contributed by atoms with Crippen molar-refractivity contribution >= 4 is 91.0 Å². The summed E-state index contributed by atoms with van der Waals surface area (Å²) in [5.41, 5.74) is 21.7. The van der Waals surface area contributed by atoms with E-state index in [-0.39, 0.29) is 13.2 Å². The van der Waals surface area contributed by atoms with Crippen LogP contribution < -0.4 is 26.2 Å². The fourth-order valence-corrected chi connectivity index (χ4v) is 17.2. The molecule has 0 N–H and O–H groups in total. The number of para-hydroxylation sites is 2. The molecule has 6 heterocycles. The summed E-state index contributed by atoms with van der Waals surface area (Å²) >= 11 is 0. The number of aromatic nitrogens is 10. The van der Waals surface area contributed by atoms with Crippen molar-refractivity contribution in [2.75, 3.05) is 9.80 Å². The van der Waals surface area contributed by atoms with E-state index in [1.807, 2.05) is 303 Å². The van der Waals surface area contributed by atoms with Crippen LogP contribution in [0.2, 0.25) is 0 Å². The van der Waals surface area contributed by atoms with Crippen molar-refractivity contribution in [1.29, 1.82) is 0 Å². The van der Waals surface area contributed by atoms with Crippen molar-refractivity contribution < 1.29 is 19.1 Å². The molecule has 0 saturated heterocycles. The van der Waals surface area contributed by atoms with E-state index in [0.29, 0.717) is 74.7 Å². The Bertz CT molecular complexity index is 7220. The normalized spacial score (nSPS) is 11.9. The minimum atomic E-state index is -0.463. The second kappa shape index (κ2) is 32.5. The third kappa shape index (κ3) is 14.3. The number of nitrogens with zero attached hydrogens (tertiary/aromatic N) is 12. The first-order valence-corrected chi connectivity index (χ1v) is 41.7. The molecule has 0 bridgehead atoms. The lowest BCUT2D eigenvalue weighted by Gasteiger charge is -2.44. The first kappa shape index (κ1) is 75.2. The Hall–Kier alpha value is -17.0. The summed E-state index contributed by atoms with van der Waals surface area (Å²) in [7, 11) is 0. The fraction of sp³-hybridized carbons (Fsp3) is 0.0183. The molecule has 2 aliphatic rings. The first-order valence-electron chi connectivity index (χ1n) is 41.7. The molecule has 0 amide bonds. The Morgan fingerprint density at radius 2 is 0.548 bits per heavy atom. The van der Waals surface area contributed by atoms with Crippen molar-refractivity contribution in [2.24, 2.45) is 0 Å². The molecule has 126 heavy (non-hydrogen) atoms. The minimum Gasteiger partial charge on any atom is -0.457 e. The SMILES string of the molecule is O=C(OCc1ccccc1)c1ccc2c(c1)N(c1ccccc1)c1cc(-c3ccc4c(c3)c3cc(-c5nc(-c6ccccc6)nc(-c6ccccc6)n5)ccc3n4-c3ccc(-c4nc(-c5ccccc5)nc(-c5ccccc5)n4)cc3-c3nc(-c4ccccc4)nc(-c4ccccc4)n3)cc3c1B2c1ccc(C(=O)OCc2ccccc2)cc1N3c1ccccc1. The zero-order chi connectivity index (χ0) is 84.0. The van der Waals surface area contributed by atoms with Crippen molar-refractivity contribution in [3.05, 3.63) is 429 Å². The summed E-state index contributed by atoms with van der Waals surface area (Å²) in [6, 6.07) is 136. The van der Waals surface area contributed by atoms with Gasteiger partial charge in [-0.25, -0.2) is 54.4 Å². The molecule has 4 aromatic heterocycles. The summed E-state index contributed by atoms with van der Waals surface area (Å²) in [6.45, 7) is -0.251. The van der Waals surface area contributed by atoms with Gasteiger partial charge in [-0.1, -0.05) is 297 Å². The van der Waals surface area contributed by atoms with Crippen LogP contribution in [0.25, 0.3) is 141 Å². The van der Waals surface area contributed by atoms with E-state index < -0.39 is 18.7 Å². The maximum atomic E-state index is 14.7. The van der Waals surface area contributed by atoms with Crippen LogP contribution in [-0.4, -0.2) is 68.1 Å². The molecule has 0 aliphatic carbocycles. The fourth-order valence-electron chi connectivity index (χ4n) is 17.2. The molecule has 0 radical (unpaired) electrons. The predicted molar refractivity (Wildman–Crippen MR) is 500 cm³/mol. The summed E-state index contributed by atoms with van der Waals surface area (Å²) in [5, 5.41) is 1.77. The van der Waals surface area contributed by atoms with Crippen LogP contribution >= 0.6 is 0 Å². The van der Waals surface area contributed by atoms with Crippen LogP contribution in [0, 0.1) is 0 Å². The summed E-state index contributed by atoms with van der Waals surface area (Å²) in [5.74, 6) is 3.43. The molecular formula is C109H71BN12O4.